The molecule has 2 rings (SSSR count). The minimum atomic E-state index is 0.537. The number of aldehydes is 1. The van der Waals surface area contributed by atoms with Crippen LogP contribution in [0.25, 0.3) is 11.3 Å². The summed E-state index contributed by atoms with van der Waals surface area (Å²) >= 11 is 3.46. The van der Waals surface area contributed by atoms with Gasteiger partial charge < -0.3 is 4.74 Å². The van der Waals surface area contributed by atoms with Gasteiger partial charge in [-0.3, -0.25) is 9.89 Å². The second kappa shape index (κ2) is 5.14. The number of benzene rings is 1. The molecular formula is C12H11BrN2O2. The third kappa shape index (κ3) is 2.39. The van der Waals surface area contributed by atoms with Gasteiger partial charge >= 0.3 is 0 Å². The molecule has 0 saturated heterocycles. The third-order valence-electron chi connectivity index (χ3n) is 2.32. The summed E-state index contributed by atoms with van der Waals surface area (Å²) in [6.07, 6.45) is 2.28. The largest absolute Gasteiger partial charge is 0.494 e. The highest BCUT2D eigenvalue weighted by Crippen LogP contribution is 2.31. The van der Waals surface area contributed by atoms with Crippen molar-refractivity contribution < 1.29 is 9.53 Å². The van der Waals surface area contributed by atoms with Gasteiger partial charge in [0.2, 0.25) is 0 Å². The highest BCUT2D eigenvalue weighted by molar-refractivity contribution is 9.10. The van der Waals surface area contributed by atoms with Crippen molar-refractivity contribution in [3.8, 4) is 17.0 Å². The number of carbonyl (C=O) groups is 1. The van der Waals surface area contributed by atoms with Crippen molar-refractivity contribution in [2.24, 2.45) is 0 Å². The van der Waals surface area contributed by atoms with Gasteiger partial charge in [0.05, 0.1) is 24.1 Å². The number of nitrogens with zero attached hydrogens (tertiary/aromatic N) is 1. The maximum absolute atomic E-state index is 10.8. The summed E-state index contributed by atoms with van der Waals surface area (Å²) in [7, 11) is 0. The molecule has 17 heavy (non-hydrogen) atoms. The summed E-state index contributed by atoms with van der Waals surface area (Å²) in [4.78, 5) is 10.8. The van der Waals surface area contributed by atoms with E-state index in [1.54, 1.807) is 0 Å². The Labute approximate surface area is 107 Å². The highest BCUT2D eigenvalue weighted by atomic mass is 79.9. The smallest absolute Gasteiger partial charge is 0.153 e. The number of nitrogens with one attached hydrogen (secondary N) is 1. The summed E-state index contributed by atoms with van der Waals surface area (Å²) < 4.78 is 6.25. The van der Waals surface area contributed by atoms with Crippen molar-refractivity contribution in [2.45, 2.75) is 6.92 Å². The molecule has 0 amide bonds. The van der Waals surface area contributed by atoms with Gasteiger partial charge in [-0.25, -0.2) is 0 Å². The first-order valence-electron chi connectivity index (χ1n) is 5.17. The Bertz CT molecular complexity index is 537. The number of carbonyl (C=O) groups excluding carboxylic acids is 1. The fraction of sp³-hybridized carbons (Fsp3) is 0.167. The average molecular weight is 295 g/mol. The Hall–Kier alpha value is -1.62. The van der Waals surface area contributed by atoms with E-state index >= 15 is 0 Å². The summed E-state index contributed by atoms with van der Waals surface area (Å²) in [5.41, 5.74) is 2.12. The van der Waals surface area contributed by atoms with Crippen molar-refractivity contribution in [3.63, 3.8) is 0 Å². The Morgan fingerprint density at radius 2 is 2.35 bits per heavy atom. The number of aromatic amines is 1. The van der Waals surface area contributed by atoms with E-state index in [1.165, 1.54) is 6.20 Å². The lowest BCUT2D eigenvalue weighted by molar-refractivity contribution is 0.112. The number of H-pyrrole nitrogens is 1. The van der Waals surface area contributed by atoms with E-state index in [-0.39, 0.29) is 0 Å². The summed E-state index contributed by atoms with van der Waals surface area (Å²) in [6.45, 7) is 2.55. The van der Waals surface area contributed by atoms with Crippen LogP contribution in [0.15, 0.2) is 28.9 Å². The molecule has 88 valence electrons. The van der Waals surface area contributed by atoms with Crippen molar-refractivity contribution in [2.75, 3.05) is 6.61 Å². The molecule has 0 unspecified atom stereocenters. The van der Waals surface area contributed by atoms with Gasteiger partial charge in [0.25, 0.3) is 0 Å². The topological polar surface area (TPSA) is 55.0 Å². The van der Waals surface area contributed by atoms with Gasteiger partial charge in [-0.05, 0) is 41.1 Å². The van der Waals surface area contributed by atoms with Crippen LogP contribution in [0.1, 0.15) is 17.3 Å². The van der Waals surface area contributed by atoms with Gasteiger partial charge in [-0.1, -0.05) is 0 Å². The van der Waals surface area contributed by atoms with Crippen molar-refractivity contribution in [1.82, 2.24) is 10.2 Å². The van der Waals surface area contributed by atoms with E-state index in [1.807, 2.05) is 25.1 Å². The van der Waals surface area contributed by atoms with E-state index in [2.05, 4.69) is 26.1 Å². The Morgan fingerprint density at radius 1 is 1.53 bits per heavy atom. The van der Waals surface area contributed by atoms with Crippen LogP contribution in [0.2, 0.25) is 0 Å². The van der Waals surface area contributed by atoms with Gasteiger partial charge in [-0.2, -0.15) is 5.10 Å². The van der Waals surface area contributed by atoms with Crippen LogP contribution in [0, 0.1) is 0 Å². The molecule has 0 saturated carbocycles. The predicted octanol–water partition coefficient (Wildman–Crippen LogP) is 3.05. The van der Waals surface area contributed by atoms with Crippen molar-refractivity contribution in [3.05, 3.63) is 34.4 Å². The first-order chi connectivity index (χ1) is 8.26. The standard InChI is InChI=1S/C12H11BrN2O2/c1-2-17-9-3-4-10(11(13)5-9)12-8(7-16)6-14-15-12/h3-7H,2H2,1H3,(H,14,15). The van der Waals surface area contributed by atoms with Crippen LogP contribution >= 0.6 is 15.9 Å². The number of rotatable bonds is 4. The van der Waals surface area contributed by atoms with Gasteiger partial charge in [0.15, 0.2) is 6.29 Å². The van der Waals surface area contributed by atoms with E-state index in [0.717, 1.165) is 22.1 Å². The van der Waals surface area contributed by atoms with Crippen LogP contribution in [0.5, 0.6) is 5.75 Å². The predicted molar refractivity (Wildman–Crippen MR) is 68.3 cm³/mol. The zero-order valence-corrected chi connectivity index (χ0v) is 10.8. The normalized spacial score (nSPS) is 10.2. The number of hydrogen-bond donors (Lipinski definition) is 1. The average Bonchev–Trinajstić information content (AvgIpc) is 2.77. The zero-order valence-electron chi connectivity index (χ0n) is 9.24. The Balaban J connectivity index is 2.43. The van der Waals surface area contributed by atoms with Crippen LogP contribution in [0.4, 0.5) is 0 Å². The second-order valence-electron chi connectivity index (χ2n) is 3.39. The molecule has 0 spiro atoms. The quantitative estimate of drug-likeness (QED) is 0.882. The molecule has 0 aliphatic rings. The summed E-state index contributed by atoms with van der Waals surface area (Å²) in [6, 6.07) is 5.61. The van der Waals surface area contributed by atoms with E-state index in [9.17, 15) is 4.79 Å². The van der Waals surface area contributed by atoms with Gasteiger partial charge in [-0.15, -0.1) is 0 Å². The van der Waals surface area contributed by atoms with E-state index < -0.39 is 0 Å². The molecule has 0 aliphatic heterocycles. The molecule has 4 nitrogen and oxygen atoms in total. The number of aromatic nitrogens is 2. The van der Waals surface area contributed by atoms with Crippen LogP contribution in [0.3, 0.4) is 0 Å². The molecule has 1 N–H and O–H groups in total. The fourth-order valence-corrected chi connectivity index (χ4v) is 2.11. The van der Waals surface area contributed by atoms with Crippen LogP contribution in [-0.2, 0) is 0 Å². The minimum Gasteiger partial charge on any atom is -0.494 e. The molecule has 1 heterocycles. The molecule has 1 aromatic carbocycles. The summed E-state index contributed by atoms with van der Waals surface area (Å²) in [5.74, 6) is 0.787. The molecule has 0 aliphatic carbocycles. The molecule has 0 atom stereocenters. The van der Waals surface area contributed by atoms with Crippen LogP contribution < -0.4 is 4.74 Å². The Morgan fingerprint density at radius 3 is 3.00 bits per heavy atom. The number of ether oxygens (including phenoxy) is 1. The SMILES string of the molecule is CCOc1ccc(-c2[nH]ncc2C=O)c(Br)c1. The third-order valence-corrected chi connectivity index (χ3v) is 2.97. The second-order valence-corrected chi connectivity index (χ2v) is 4.25. The molecule has 0 fully saturated rings. The first-order valence-corrected chi connectivity index (χ1v) is 5.96. The van der Waals surface area contributed by atoms with E-state index in [4.69, 9.17) is 4.74 Å². The number of hydrogen-bond acceptors (Lipinski definition) is 3. The maximum atomic E-state index is 10.8. The maximum Gasteiger partial charge on any atom is 0.153 e. The molecule has 1 aromatic heterocycles. The lowest BCUT2D eigenvalue weighted by Crippen LogP contribution is -1.92. The van der Waals surface area contributed by atoms with Gasteiger partial charge in [0.1, 0.15) is 5.75 Å². The lowest BCUT2D eigenvalue weighted by atomic mass is 10.1. The first kappa shape index (κ1) is 11.9. The molecule has 0 radical (unpaired) electrons. The molecular weight excluding hydrogens is 284 g/mol. The van der Waals surface area contributed by atoms with E-state index in [0.29, 0.717) is 17.9 Å². The van der Waals surface area contributed by atoms with Crippen LogP contribution in [-0.4, -0.2) is 23.1 Å². The van der Waals surface area contributed by atoms with Crippen molar-refractivity contribution >= 4 is 22.2 Å². The molecule has 2 aromatic rings. The number of halogens is 1. The zero-order chi connectivity index (χ0) is 12.3. The molecule has 0 bridgehead atoms. The minimum absolute atomic E-state index is 0.537. The summed E-state index contributed by atoms with van der Waals surface area (Å²) in [5, 5.41) is 6.67. The van der Waals surface area contributed by atoms with Gasteiger partial charge in [0, 0.05) is 10.0 Å². The molecule has 5 heteroatoms. The van der Waals surface area contributed by atoms with Crippen molar-refractivity contribution in [1.29, 1.82) is 0 Å². The lowest BCUT2D eigenvalue weighted by Gasteiger charge is -2.07. The monoisotopic (exact) mass is 294 g/mol. The fourth-order valence-electron chi connectivity index (χ4n) is 1.56. The Kier molecular flexibility index (Phi) is 3.58. The highest BCUT2D eigenvalue weighted by Gasteiger charge is 2.10.